The number of H-pyrrole nitrogens is 1. The molecule has 0 bridgehead atoms. The zero-order valence-electron chi connectivity index (χ0n) is 13.5. The molecule has 124 valence electrons. The molecule has 0 aliphatic carbocycles. The number of aromatic amines is 1. The van der Waals surface area contributed by atoms with Gasteiger partial charge in [-0.05, 0) is 32.3 Å². The molecule has 1 aliphatic heterocycles. The summed E-state index contributed by atoms with van der Waals surface area (Å²) in [4.78, 5) is 35.7. The Hall–Kier alpha value is -1.34. The lowest BCUT2D eigenvalue weighted by Gasteiger charge is -2.19. The molecule has 1 aliphatic rings. The summed E-state index contributed by atoms with van der Waals surface area (Å²) < 4.78 is 0. The van der Waals surface area contributed by atoms with E-state index in [0.717, 1.165) is 41.2 Å². The largest absolute Gasteiger partial charge is 0.342 e. The molecule has 0 unspecified atom stereocenters. The van der Waals surface area contributed by atoms with Gasteiger partial charge < -0.3 is 9.88 Å². The lowest BCUT2D eigenvalue weighted by atomic mass is 10.2. The van der Waals surface area contributed by atoms with Crippen molar-refractivity contribution in [3.8, 4) is 0 Å². The van der Waals surface area contributed by atoms with Crippen molar-refractivity contribution in [2.45, 2.75) is 44.7 Å². The average Bonchev–Trinajstić information content (AvgIpc) is 2.73. The van der Waals surface area contributed by atoms with Crippen LogP contribution in [0.5, 0.6) is 0 Å². The third-order valence-corrected chi connectivity index (χ3v) is 6.27. The van der Waals surface area contributed by atoms with E-state index in [1.54, 1.807) is 0 Å². The first kappa shape index (κ1) is 16.5. The Balaban J connectivity index is 1.72. The van der Waals surface area contributed by atoms with E-state index in [9.17, 15) is 9.59 Å². The van der Waals surface area contributed by atoms with Crippen molar-refractivity contribution < 1.29 is 4.79 Å². The van der Waals surface area contributed by atoms with Gasteiger partial charge in [0.1, 0.15) is 4.83 Å². The van der Waals surface area contributed by atoms with Crippen molar-refractivity contribution >= 4 is 39.2 Å². The summed E-state index contributed by atoms with van der Waals surface area (Å²) in [6, 6.07) is 0. The SMILES string of the molecule is Cc1sc2nc(SCC(=O)N3CCCCCC3)[nH]c(=O)c2c1C. The summed E-state index contributed by atoms with van der Waals surface area (Å²) in [5, 5.41) is 1.21. The van der Waals surface area contributed by atoms with Crippen LogP contribution >= 0.6 is 23.1 Å². The van der Waals surface area contributed by atoms with Crippen molar-refractivity contribution in [3.05, 3.63) is 20.8 Å². The van der Waals surface area contributed by atoms with Crippen molar-refractivity contribution in [2.75, 3.05) is 18.8 Å². The number of amides is 1. The Morgan fingerprint density at radius 3 is 2.65 bits per heavy atom. The van der Waals surface area contributed by atoms with Crippen LogP contribution in [-0.2, 0) is 4.79 Å². The lowest BCUT2D eigenvalue weighted by Crippen LogP contribution is -2.33. The predicted octanol–water partition coefficient (Wildman–Crippen LogP) is 3.10. The van der Waals surface area contributed by atoms with Gasteiger partial charge in [-0.3, -0.25) is 9.59 Å². The zero-order valence-corrected chi connectivity index (χ0v) is 15.1. The van der Waals surface area contributed by atoms with Crippen molar-refractivity contribution in [1.29, 1.82) is 0 Å². The van der Waals surface area contributed by atoms with Crippen molar-refractivity contribution in [1.82, 2.24) is 14.9 Å². The number of hydrogen-bond acceptors (Lipinski definition) is 5. The van der Waals surface area contributed by atoms with Gasteiger partial charge in [0.15, 0.2) is 5.16 Å². The maximum absolute atomic E-state index is 12.3. The highest BCUT2D eigenvalue weighted by atomic mass is 32.2. The Labute approximate surface area is 143 Å². The quantitative estimate of drug-likeness (QED) is 0.682. The minimum absolute atomic E-state index is 0.110. The maximum atomic E-state index is 12.3. The summed E-state index contributed by atoms with van der Waals surface area (Å²) in [7, 11) is 0. The number of fused-ring (bicyclic) bond motifs is 1. The summed E-state index contributed by atoms with van der Waals surface area (Å²) in [6.45, 7) is 5.65. The van der Waals surface area contributed by atoms with Gasteiger partial charge in [0.25, 0.3) is 5.56 Å². The predicted molar refractivity (Wildman–Crippen MR) is 95.5 cm³/mol. The molecule has 2 aromatic heterocycles. The van der Waals surface area contributed by atoms with Crippen LogP contribution in [0.4, 0.5) is 0 Å². The molecule has 0 atom stereocenters. The van der Waals surface area contributed by atoms with E-state index in [1.807, 2.05) is 18.7 Å². The van der Waals surface area contributed by atoms with Crippen molar-refractivity contribution in [2.24, 2.45) is 0 Å². The number of nitrogens with one attached hydrogen (secondary N) is 1. The molecule has 1 saturated heterocycles. The molecule has 1 N–H and O–H groups in total. The van der Waals surface area contributed by atoms with E-state index < -0.39 is 0 Å². The monoisotopic (exact) mass is 351 g/mol. The van der Waals surface area contributed by atoms with Gasteiger partial charge in [-0.1, -0.05) is 24.6 Å². The van der Waals surface area contributed by atoms with Crippen LogP contribution in [0.25, 0.3) is 10.2 Å². The van der Waals surface area contributed by atoms with Crippen LogP contribution < -0.4 is 5.56 Å². The highest BCUT2D eigenvalue weighted by Gasteiger charge is 2.17. The first-order valence-corrected chi connectivity index (χ1v) is 9.77. The van der Waals surface area contributed by atoms with Crippen LogP contribution in [0.15, 0.2) is 9.95 Å². The number of aryl methyl sites for hydroxylation is 2. The second-order valence-corrected chi connectivity index (χ2v) is 8.09. The Bertz CT molecular complexity index is 773. The van der Waals surface area contributed by atoms with Gasteiger partial charge in [0, 0.05) is 18.0 Å². The number of carbonyl (C=O) groups excluding carboxylic acids is 1. The van der Waals surface area contributed by atoms with Crippen LogP contribution in [0.1, 0.15) is 36.1 Å². The number of hydrogen-bond donors (Lipinski definition) is 1. The summed E-state index contributed by atoms with van der Waals surface area (Å²) in [6.07, 6.45) is 4.59. The van der Waals surface area contributed by atoms with E-state index in [2.05, 4.69) is 9.97 Å². The summed E-state index contributed by atoms with van der Waals surface area (Å²) >= 11 is 2.85. The molecule has 23 heavy (non-hydrogen) atoms. The molecule has 0 spiro atoms. The number of carbonyl (C=O) groups is 1. The number of aromatic nitrogens is 2. The summed E-state index contributed by atoms with van der Waals surface area (Å²) in [5.41, 5.74) is 0.887. The fraction of sp³-hybridized carbons (Fsp3) is 0.562. The van der Waals surface area contributed by atoms with Crippen LogP contribution in [0.3, 0.4) is 0 Å². The number of thiophene rings is 1. The minimum atomic E-state index is -0.110. The fourth-order valence-electron chi connectivity index (χ4n) is 2.84. The van der Waals surface area contributed by atoms with E-state index in [-0.39, 0.29) is 11.5 Å². The highest BCUT2D eigenvalue weighted by molar-refractivity contribution is 7.99. The van der Waals surface area contributed by atoms with E-state index in [0.29, 0.717) is 16.3 Å². The molecule has 7 heteroatoms. The molecule has 2 aromatic rings. The van der Waals surface area contributed by atoms with Gasteiger partial charge >= 0.3 is 0 Å². The standard InChI is InChI=1S/C16H21N3O2S2/c1-10-11(2)23-15-13(10)14(21)17-16(18-15)22-9-12(20)19-7-5-3-4-6-8-19/h3-9H2,1-2H3,(H,17,18,21). The second-order valence-electron chi connectivity index (χ2n) is 5.92. The van der Waals surface area contributed by atoms with E-state index in [4.69, 9.17) is 0 Å². The maximum Gasteiger partial charge on any atom is 0.260 e. The Morgan fingerprint density at radius 2 is 1.96 bits per heavy atom. The molecule has 1 amide bonds. The molecule has 0 aromatic carbocycles. The van der Waals surface area contributed by atoms with Gasteiger partial charge in [-0.25, -0.2) is 4.98 Å². The van der Waals surface area contributed by atoms with Crippen LogP contribution in [-0.4, -0.2) is 39.6 Å². The normalized spacial score (nSPS) is 15.8. The zero-order chi connectivity index (χ0) is 16.4. The number of rotatable bonds is 3. The van der Waals surface area contributed by atoms with Crippen LogP contribution in [0.2, 0.25) is 0 Å². The molecule has 5 nitrogen and oxygen atoms in total. The lowest BCUT2D eigenvalue weighted by molar-refractivity contribution is -0.128. The average molecular weight is 351 g/mol. The topological polar surface area (TPSA) is 66.1 Å². The first-order chi connectivity index (χ1) is 11.1. The van der Waals surface area contributed by atoms with Gasteiger partial charge in [-0.15, -0.1) is 11.3 Å². The number of thioether (sulfide) groups is 1. The van der Waals surface area contributed by atoms with Crippen molar-refractivity contribution in [3.63, 3.8) is 0 Å². The molecule has 3 rings (SSSR count). The van der Waals surface area contributed by atoms with E-state index >= 15 is 0 Å². The third kappa shape index (κ3) is 3.61. The number of nitrogens with zero attached hydrogens (tertiary/aromatic N) is 2. The highest BCUT2D eigenvalue weighted by Crippen LogP contribution is 2.27. The molecule has 0 saturated carbocycles. The molecular weight excluding hydrogens is 330 g/mol. The number of likely N-dealkylation sites (tertiary alicyclic amines) is 1. The fourth-order valence-corrected chi connectivity index (χ4v) is 4.70. The third-order valence-electron chi connectivity index (χ3n) is 4.31. The van der Waals surface area contributed by atoms with Gasteiger partial charge in [-0.2, -0.15) is 0 Å². The Morgan fingerprint density at radius 1 is 1.26 bits per heavy atom. The second kappa shape index (κ2) is 7.05. The smallest absolute Gasteiger partial charge is 0.260 e. The molecule has 1 fully saturated rings. The first-order valence-electron chi connectivity index (χ1n) is 7.97. The van der Waals surface area contributed by atoms with E-state index in [1.165, 1.54) is 35.9 Å². The van der Waals surface area contributed by atoms with Crippen LogP contribution in [0, 0.1) is 13.8 Å². The van der Waals surface area contributed by atoms with Gasteiger partial charge in [0.05, 0.1) is 11.1 Å². The Kier molecular flexibility index (Phi) is 5.06. The molecule has 3 heterocycles. The molecule has 0 radical (unpaired) electrons. The van der Waals surface area contributed by atoms with Gasteiger partial charge in [0.2, 0.25) is 5.91 Å². The molecular formula is C16H21N3O2S2. The summed E-state index contributed by atoms with van der Waals surface area (Å²) in [5.74, 6) is 0.468. The minimum Gasteiger partial charge on any atom is -0.342 e.